The highest BCUT2D eigenvalue weighted by Crippen LogP contribution is 2.06. The van der Waals surface area contributed by atoms with Gasteiger partial charge in [0, 0.05) is 6.54 Å². The van der Waals surface area contributed by atoms with Crippen LogP contribution in [-0.2, 0) is 0 Å². The van der Waals surface area contributed by atoms with Gasteiger partial charge in [-0.2, -0.15) is 0 Å². The van der Waals surface area contributed by atoms with E-state index in [2.05, 4.69) is 15.3 Å². The van der Waals surface area contributed by atoms with Gasteiger partial charge in [-0.1, -0.05) is 0 Å². The number of hydrogen-bond donors (Lipinski definition) is 1. The first-order chi connectivity index (χ1) is 5.83. The van der Waals surface area contributed by atoms with Gasteiger partial charge < -0.3 is 10.1 Å². The zero-order valence-corrected chi connectivity index (χ0v) is 7.32. The zero-order valence-electron chi connectivity index (χ0n) is 7.32. The van der Waals surface area contributed by atoms with E-state index in [4.69, 9.17) is 4.74 Å². The standard InChI is InChI=1S/C8H13N3O/c1-7(3-9-2)12-8-4-10-6-11-5-8/h4-7,9H,3H2,1-2H3/t7-/m0/s1. The van der Waals surface area contributed by atoms with Gasteiger partial charge in [0.05, 0.1) is 12.4 Å². The molecule has 0 aliphatic rings. The molecule has 0 amide bonds. The van der Waals surface area contributed by atoms with Gasteiger partial charge in [0.2, 0.25) is 0 Å². The summed E-state index contributed by atoms with van der Waals surface area (Å²) in [5, 5.41) is 3.02. The van der Waals surface area contributed by atoms with Crippen LogP contribution in [0.25, 0.3) is 0 Å². The lowest BCUT2D eigenvalue weighted by atomic mass is 10.4. The third-order valence-electron chi connectivity index (χ3n) is 1.37. The van der Waals surface area contributed by atoms with E-state index in [9.17, 15) is 0 Å². The molecule has 1 atom stereocenters. The maximum absolute atomic E-state index is 5.47. The molecule has 12 heavy (non-hydrogen) atoms. The molecule has 0 saturated heterocycles. The van der Waals surface area contributed by atoms with Crippen molar-refractivity contribution in [1.82, 2.24) is 15.3 Å². The molecule has 0 bridgehead atoms. The van der Waals surface area contributed by atoms with Crippen LogP contribution in [0.15, 0.2) is 18.7 Å². The molecule has 1 aromatic heterocycles. The highest BCUT2D eigenvalue weighted by molar-refractivity contribution is 5.10. The van der Waals surface area contributed by atoms with Crippen LogP contribution in [0.3, 0.4) is 0 Å². The molecular formula is C8H13N3O. The number of nitrogens with one attached hydrogen (secondary N) is 1. The molecule has 0 aliphatic heterocycles. The Balaban J connectivity index is 2.41. The highest BCUT2D eigenvalue weighted by Gasteiger charge is 2.01. The van der Waals surface area contributed by atoms with E-state index in [-0.39, 0.29) is 6.10 Å². The smallest absolute Gasteiger partial charge is 0.156 e. The van der Waals surface area contributed by atoms with Crippen LogP contribution >= 0.6 is 0 Å². The van der Waals surface area contributed by atoms with Crippen molar-refractivity contribution in [2.75, 3.05) is 13.6 Å². The van der Waals surface area contributed by atoms with Crippen molar-refractivity contribution in [2.45, 2.75) is 13.0 Å². The minimum atomic E-state index is 0.140. The second kappa shape index (κ2) is 4.66. The van der Waals surface area contributed by atoms with E-state index in [1.807, 2.05) is 14.0 Å². The molecule has 1 rings (SSSR count). The van der Waals surface area contributed by atoms with Crippen molar-refractivity contribution in [3.8, 4) is 5.75 Å². The second-order valence-electron chi connectivity index (χ2n) is 2.56. The predicted molar refractivity (Wildman–Crippen MR) is 46.0 cm³/mol. The first kappa shape index (κ1) is 8.93. The summed E-state index contributed by atoms with van der Waals surface area (Å²) >= 11 is 0. The Kier molecular flexibility index (Phi) is 3.47. The van der Waals surface area contributed by atoms with E-state index < -0.39 is 0 Å². The van der Waals surface area contributed by atoms with Gasteiger partial charge in [-0.3, -0.25) is 0 Å². The normalized spacial score (nSPS) is 12.5. The third-order valence-corrected chi connectivity index (χ3v) is 1.37. The maximum atomic E-state index is 5.47. The quantitative estimate of drug-likeness (QED) is 0.707. The Morgan fingerprint density at radius 2 is 2.17 bits per heavy atom. The van der Waals surface area contributed by atoms with Gasteiger partial charge in [0.15, 0.2) is 5.75 Å². The molecule has 4 heteroatoms. The largest absolute Gasteiger partial charge is 0.486 e. The Morgan fingerprint density at radius 1 is 1.50 bits per heavy atom. The Bertz CT molecular complexity index is 215. The second-order valence-corrected chi connectivity index (χ2v) is 2.56. The molecule has 4 nitrogen and oxygen atoms in total. The highest BCUT2D eigenvalue weighted by atomic mass is 16.5. The van der Waals surface area contributed by atoms with E-state index in [0.29, 0.717) is 5.75 Å². The van der Waals surface area contributed by atoms with Gasteiger partial charge in [-0.15, -0.1) is 0 Å². The summed E-state index contributed by atoms with van der Waals surface area (Å²) in [7, 11) is 1.89. The summed E-state index contributed by atoms with van der Waals surface area (Å²) in [6.07, 6.45) is 4.93. The first-order valence-electron chi connectivity index (χ1n) is 3.89. The average Bonchev–Trinajstić information content (AvgIpc) is 2.06. The van der Waals surface area contributed by atoms with E-state index >= 15 is 0 Å². The van der Waals surface area contributed by atoms with Crippen molar-refractivity contribution < 1.29 is 4.74 Å². The number of aromatic nitrogens is 2. The maximum Gasteiger partial charge on any atom is 0.156 e. The number of rotatable bonds is 4. The number of hydrogen-bond acceptors (Lipinski definition) is 4. The number of likely N-dealkylation sites (N-methyl/N-ethyl adjacent to an activating group) is 1. The first-order valence-corrected chi connectivity index (χ1v) is 3.89. The molecule has 1 aromatic rings. The van der Waals surface area contributed by atoms with Gasteiger partial charge in [0.25, 0.3) is 0 Å². The van der Waals surface area contributed by atoms with E-state index in [0.717, 1.165) is 6.54 Å². The Labute approximate surface area is 72.0 Å². The minimum Gasteiger partial charge on any atom is -0.486 e. The zero-order chi connectivity index (χ0) is 8.81. The summed E-state index contributed by atoms with van der Waals surface area (Å²) < 4.78 is 5.47. The van der Waals surface area contributed by atoms with Gasteiger partial charge in [-0.05, 0) is 14.0 Å². The van der Waals surface area contributed by atoms with Crippen LogP contribution in [0.5, 0.6) is 5.75 Å². The summed E-state index contributed by atoms with van der Waals surface area (Å²) in [6, 6.07) is 0. The summed E-state index contributed by atoms with van der Waals surface area (Å²) in [6.45, 7) is 2.80. The van der Waals surface area contributed by atoms with Crippen LogP contribution in [0.1, 0.15) is 6.92 Å². The third kappa shape index (κ3) is 2.84. The van der Waals surface area contributed by atoms with E-state index in [1.165, 1.54) is 6.33 Å². The lowest BCUT2D eigenvalue weighted by molar-refractivity contribution is 0.219. The van der Waals surface area contributed by atoms with Crippen LogP contribution < -0.4 is 10.1 Å². The van der Waals surface area contributed by atoms with Crippen molar-refractivity contribution in [3.05, 3.63) is 18.7 Å². The SMILES string of the molecule is CNC[C@H](C)Oc1cncnc1. The summed E-state index contributed by atoms with van der Waals surface area (Å²) in [4.78, 5) is 7.68. The topological polar surface area (TPSA) is 47.0 Å². The molecule has 0 fully saturated rings. The summed E-state index contributed by atoms with van der Waals surface area (Å²) in [5.41, 5.74) is 0. The van der Waals surface area contributed by atoms with Crippen LogP contribution in [0, 0.1) is 0 Å². The van der Waals surface area contributed by atoms with Gasteiger partial charge in [-0.25, -0.2) is 9.97 Å². The monoisotopic (exact) mass is 167 g/mol. The lowest BCUT2D eigenvalue weighted by Gasteiger charge is -2.12. The van der Waals surface area contributed by atoms with Crippen molar-refractivity contribution in [2.24, 2.45) is 0 Å². The number of ether oxygens (including phenoxy) is 1. The van der Waals surface area contributed by atoms with Crippen LogP contribution in [0.4, 0.5) is 0 Å². The molecule has 0 aromatic carbocycles. The van der Waals surface area contributed by atoms with Crippen LogP contribution in [0.2, 0.25) is 0 Å². The molecule has 0 unspecified atom stereocenters. The molecular weight excluding hydrogens is 154 g/mol. The van der Waals surface area contributed by atoms with Gasteiger partial charge >= 0.3 is 0 Å². The molecule has 0 saturated carbocycles. The van der Waals surface area contributed by atoms with Gasteiger partial charge in [0.1, 0.15) is 12.4 Å². The minimum absolute atomic E-state index is 0.140. The average molecular weight is 167 g/mol. The molecule has 0 aliphatic carbocycles. The Morgan fingerprint density at radius 3 is 2.75 bits per heavy atom. The van der Waals surface area contributed by atoms with Crippen LogP contribution in [-0.4, -0.2) is 29.7 Å². The fourth-order valence-electron chi connectivity index (χ4n) is 0.908. The lowest BCUT2D eigenvalue weighted by Crippen LogP contribution is -2.26. The van der Waals surface area contributed by atoms with Crippen molar-refractivity contribution in [1.29, 1.82) is 0 Å². The summed E-state index contributed by atoms with van der Waals surface area (Å²) in [5.74, 6) is 0.709. The number of nitrogens with zero attached hydrogens (tertiary/aromatic N) is 2. The fraction of sp³-hybridized carbons (Fsp3) is 0.500. The van der Waals surface area contributed by atoms with Crippen molar-refractivity contribution >= 4 is 0 Å². The molecule has 66 valence electrons. The van der Waals surface area contributed by atoms with Crippen molar-refractivity contribution in [3.63, 3.8) is 0 Å². The Hall–Kier alpha value is -1.16. The van der Waals surface area contributed by atoms with E-state index in [1.54, 1.807) is 12.4 Å². The molecule has 0 spiro atoms. The predicted octanol–water partition coefficient (Wildman–Crippen LogP) is 0.463. The molecule has 1 heterocycles. The fourth-order valence-corrected chi connectivity index (χ4v) is 0.908. The molecule has 1 N–H and O–H groups in total. The molecule has 0 radical (unpaired) electrons.